The van der Waals surface area contributed by atoms with E-state index in [0.29, 0.717) is 6.54 Å². The maximum absolute atomic E-state index is 12.1. The second-order valence-electron chi connectivity index (χ2n) is 6.31. The van der Waals surface area contributed by atoms with Gasteiger partial charge < -0.3 is 9.47 Å². The summed E-state index contributed by atoms with van der Waals surface area (Å²) >= 11 is 0. The molecule has 1 atom stereocenters. The molecule has 0 spiro atoms. The lowest BCUT2D eigenvalue weighted by Gasteiger charge is -2.42. The number of Topliss-reactive ketones (excluding diaryl/α,β-unsaturated/α-hetero) is 1. The van der Waals surface area contributed by atoms with Gasteiger partial charge in [0, 0.05) is 0 Å². The number of morpholine rings is 1. The van der Waals surface area contributed by atoms with E-state index in [2.05, 4.69) is 0 Å². The molecule has 0 aromatic carbocycles. The van der Waals surface area contributed by atoms with Crippen molar-refractivity contribution in [3.8, 4) is 0 Å². The molecule has 0 bridgehead atoms. The molecule has 1 heterocycles. The first kappa shape index (κ1) is 15.0. The summed E-state index contributed by atoms with van der Waals surface area (Å²) in [6, 6.07) is -0.548. The highest BCUT2D eigenvalue weighted by atomic mass is 16.6. The summed E-state index contributed by atoms with van der Waals surface area (Å²) in [6.45, 7) is 11.2. The molecule has 1 aliphatic heterocycles. The molecule has 1 saturated heterocycles. The van der Waals surface area contributed by atoms with Crippen LogP contribution in [-0.2, 0) is 14.3 Å². The molecule has 1 amide bonds. The number of hydrogen-bond acceptors (Lipinski definition) is 4. The molecule has 1 fully saturated rings. The number of carbonyl (C=O) groups excluding carboxylic acids is 2. The van der Waals surface area contributed by atoms with Crippen LogP contribution in [0.5, 0.6) is 0 Å². The highest BCUT2D eigenvalue weighted by Gasteiger charge is 2.40. The number of rotatable bonds is 1. The summed E-state index contributed by atoms with van der Waals surface area (Å²) in [4.78, 5) is 25.1. The Morgan fingerprint density at radius 3 is 2.33 bits per heavy atom. The largest absolute Gasteiger partial charge is 0.444 e. The van der Waals surface area contributed by atoms with Gasteiger partial charge in [-0.3, -0.25) is 9.69 Å². The fourth-order valence-electron chi connectivity index (χ4n) is 1.81. The van der Waals surface area contributed by atoms with Gasteiger partial charge >= 0.3 is 6.09 Å². The SMILES string of the molecule is CC(=O)[C@@H]1COC(C)(C)CN1C(=O)OC(C)(C)C. The highest BCUT2D eigenvalue weighted by molar-refractivity contribution is 5.86. The van der Waals surface area contributed by atoms with Crippen LogP contribution in [0, 0.1) is 0 Å². The number of hydrogen-bond donors (Lipinski definition) is 0. The first-order chi connectivity index (χ1) is 8.02. The topological polar surface area (TPSA) is 55.8 Å². The number of nitrogens with zero attached hydrogens (tertiary/aromatic N) is 1. The molecule has 1 rings (SSSR count). The summed E-state index contributed by atoms with van der Waals surface area (Å²) < 4.78 is 10.9. The summed E-state index contributed by atoms with van der Waals surface area (Å²) in [5.41, 5.74) is -1.02. The Balaban J connectivity index is 2.85. The number of amides is 1. The van der Waals surface area contributed by atoms with Gasteiger partial charge in [0.1, 0.15) is 11.6 Å². The van der Waals surface area contributed by atoms with Crippen LogP contribution in [0.4, 0.5) is 4.79 Å². The van der Waals surface area contributed by atoms with Crippen molar-refractivity contribution in [2.24, 2.45) is 0 Å². The van der Waals surface area contributed by atoms with Crippen LogP contribution >= 0.6 is 0 Å². The van der Waals surface area contributed by atoms with E-state index >= 15 is 0 Å². The van der Waals surface area contributed by atoms with Crippen LogP contribution in [0.25, 0.3) is 0 Å². The van der Waals surface area contributed by atoms with Crippen molar-refractivity contribution in [1.29, 1.82) is 0 Å². The molecule has 18 heavy (non-hydrogen) atoms. The Labute approximate surface area is 108 Å². The molecule has 0 saturated carbocycles. The molecule has 0 radical (unpaired) electrons. The second-order valence-corrected chi connectivity index (χ2v) is 6.31. The van der Waals surface area contributed by atoms with Crippen LogP contribution in [0.1, 0.15) is 41.5 Å². The van der Waals surface area contributed by atoms with Crippen LogP contribution in [0.15, 0.2) is 0 Å². The van der Waals surface area contributed by atoms with Crippen LogP contribution < -0.4 is 0 Å². The van der Waals surface area contributed by atoms with Crippen molar-refractivity contribution in [1.82, 2.24) is 4.90 Å². The Hall–Kier alpha value is -1.10. The first-order valence-corrected chi connectivity index (χ1v) is 6.16. The molecule has 0 N–H and O–H groups in total. The van der Waals surface area contributed by atoms with E-state index < -0.39 is 23.3 Å². The van der Waals surface area contributed by atoms with E-state index in [-0.39, 0.29) is 12.4 Å². The minimum absolute atomic E-state index is 0.0867. The minimum Gasteiger partial charge on any atom is -0.444 e. The zero-order valence-corrected chi connectivity index (χ0v) is 12.1. The van der Waals surface area contributed by atoms with E-state index in [4.69, 9.17) is 9.47 Å². The predicted octanol–water partition coefficient (Wildman–Crippen LogP) is 1.99. The van der Waals surface area contributed by atoms with E-state index in [9.17, 15) is 9.59 Å². The molecular formula is C13H23NO4. The molecule has 1 aliphatic rings. The molecule has 0 aromatic rings. The van der Waals surface area contributed by atoms with E-state index in [0.717, 1.165) is 0 Å². The van der Waals surface area contributed by atoms with Gasteiger partial charge in [-0.15, -0.1) is 0 Å². The smallest absolute Gasteiger partial charge is 0.411 e. The average molecular weight is 257 g/mol. The number of carbonyl (C=O) groups is 2. The molecule has 5 heteroatoms. The maximum Gasteiger partial charge on any atom is 0.411 e. The highest BCUT2D eigenvalue weighted by Crippen LogP contribution is 2.23. The second kappa shape index (κ2) is 4.88. The Morgan fingerprint density at radius 2 is 1.89 bits per heavy atom. The molecule has 0 unspecified atom stereocenters. The zero-order chi connectivity index (χ0) is 14.1. The average Bonchev–Trinajstić information content (AvgIpc) is 2.12. The molecule has 104 valence electrons. The number of ketones is 1. The fraction of sp³-hybridized carbons (Fsp3) is 0.846. The lowest BCUT2D eigenvalue weighted by Crippen LogP contribution is -2.59. The van der Waals surface area contributed by atoms with Gasteiger partial charge in [-0.2, -0.15) is 0 Å². The van der Waals surface area contributed by atoms with Gasteiger partial charge in [0.15, 0.2) is 5.78 Å². The lowest BCUT2D eigenvalue weighted by atomic mass is 10.0. The summed E-state index contributed by atoms with van der Waals surface area (Å²) in [7, 11) is 0. The summed E-state index contributed by atoms with van der Waals surface area (Å²) in [5, 5.41) is 0. The standard InChI is InChI=1S/C13H23NO4/c1-9(15)10-7-17-13(5,6)8-14(10)11(16)18-12(2,3)4/h10H,7-8H2,1-6H3/t10-/m0/s1. The van der Waals surface area contributed by atoms with Gasteiger partial charge in [-0.25, -0.2) is 4.79 Å². The lowest BCUT2D eigenvalue weighted by molar-refractivity contribution is -0.142. The number of ether oxygens (including phenoxy) is 2. The summed E-state index contributed by atoms with van der Waals surface area (Å²) in [6.07, 6.45) is -0.459. The van der Waals surface area contributed by atoms with Crippen molar-refractivity contribution in [2.75, 3.05) is 13.2 Å². The van der Waals surface area contributed by atoms with Crippen LogP contribution in [-0.4, -0.2) is 47.2 Å². The van der Waals surface area contributed by atoms with Gasteiger partial charge in [0.25, 0.3) is 0 Å². The Bertz CT molecular complexity index is 343. The van der Waals surface area contributed by atoms with Crippen molar-refractivity contribution in [3.63, 3.8) is 0 Å². The van der Waals surface area contributed by atoms with Crippen molar-refractivity contribution in [3.05, 3.63) is 0 Å². The maximum atomic E-state index is 12.1. The monoisotopic (exact) mass is 257 g/mol. The summed E-state index contributed by atoms with van der Waals surface area (Å²) in [5.74, 6) is -0.0867. The van der Waals surface area contributed by atoms with Gasteiger partial charge in [0.2, 0.25) is 0 Å². The third-order valence-corrected chi connectivity index (χ3v) is 2.66. The van der Waals surface area contributed by atoms with Gasteiger partial charge in [-0.05, 0) is 41.5 Å². The molecule has 5 nitrogen and oxygen atoms in total. The Kier molecular flexibility index (Phi) is 4.05. The van der Waals surface area contributed by atoms with Crippen LogP contribution in [0.2, 0.25) is 0 Å². The van der Waals surface area contributed by atoms with Crippen molar-refractivity contribution < 1.29 is 19.1 Å². The fourth-order valence-corrected chi connectivity index (χ4v) is 1.81. The zero-order valence-electron chi connectivity index (χ0n) is 12.1. The van der Waals surface area contributed by atoms with E-state index in [1.807, 2.05) is 13.8 Å². The van der Waals surface area contributed by atoms with E-state index in [1.54, 1.807) is 20.8 Å². The van der Waals surface area contributed by atoms with Crippen LogP contribution in [0.3, 0.4) is 0 Å². The van der Waals surface area contributed by atoms with Gasteiger partial charge in [-0.1, -0.05) is 0 Å². The first-order valence-electron chi connectivity index (χ1n) is 6.16. The van der Waals surface area contributed by atoms with Crippen molar-refractivity contribution in [2.45, 2.75) is 58.8 Å². The quantitative estimate of drug-likeness (QED) is 0.721. The van der Waals surface area contributed by atoms with E-state index in [1.165, 1.54) is 11.8 Å². The third-order valence-electron chi connectivity index (χ3n) is 2.66. The Morgan fingerprint density at radius 1 is 1.33 bits per heavy atom. The molecular weight excluding hydrogens is 234 g/mol. The predicted molar refractivity (Wildman–Crippen MR) is 67.4 cm³/mol. The molecule has 0 aromatic heterocycles. The third kappa shape index (κ3) is 3.98. The normalized spacial score (nSPS) is 23.7. The molecule has 0 aliphatic carbocycles. The minimum atomic E-state index is -0.569. The van der Waals surface area contributed by atoms with Gasteiger partial charge in [0.05, 0.1) is 18.8 Å². The van der Waals surface area contributed by atoms with Crippen molar-refractivity contribution >= 4 is 11.9 Å².